The van der Waals surface area contributed by atoms with Gasteiger partial charge in [0.15, 0.2) is 11.5 Å². The average Bonchev–Trinajstić information content (AvgIpc) is 2.45. The zero-order valence-corrected chi connectivity index (χ0v) is 11.5. The maximum absolute atomic E-state index is 10.8. The van der Waals surface area contributed by atoms with Gasteiger partial charge >= 0.3 is 0 Å². The predicted octanol–water partition coefficient (Wildman–Crippen LogP) is 2.68. The first-order chi connectivity index (χ1) is 9.54. The van der Waals surface area contributed by atoms with Crippen LogP contribution in [0.4, 0.5) is 5.69 Å². The monoisotopic (exact) mass is 281 g/mol. The summed E-state index contributed by atoms with van der Waals surface area (Å²) in [7, 11) is 1.48. The van der Waals surface area contributed by atoms with Crippen LogP contribution in [0.25, 0.3) is 0 Å². The molecule has 1 aliphatic rings. The van der Waals surface area contributed by atoms with Crippen molar-refractivity contribution in [3.8, 4) is 11.5 Å². The van der Waals surface area contributed by atoms with E-state index in [4.69, 9.17) is 9.47 Å². The summed E-state index contributed by atoms with van der Waals surface area (Å²) < 4.78 is 10.7. The van der Waals surface area contributed by atoms with E-state index in [1.54, 1.807) is 0 Å². The zero-order valence-electron chi connectivity index (χ0n) is 11.5. The molecule has 0 atom stereocenters. The first-order valence-corrected chi connectivity index (χ1v) is 6.72. The molecule has 0 heterocycles. The standard InChI is InChI=1S/C14H19NO5/c1-19-12-6-5-11(15(17)18)9-13(12)20-10-14(16)7-3-2-4-8-14/h5-6,9,16H,2-4,7-8,10H2,1H3. The molecule has 6 heteroatoms. The molecule has 1 aromatic carbocycles. The lowest BCUT2D eigenvalue weighted by Crippen LogP contribution is -2.37. The van der Waals surface area contributed by atoms with Crippen LogP contribution < -0.4 is 9.47 Å². The molecule has 2 rings (SSSR count). The highest BCUT2D eigenvalue weighted by Crippen LogP contribution is 2.34. The molecule has 0 spiro atoms. The van der Waals surface area contributed by atoms with Gasteiger partial charge in [0, 0.05) is 6.07 Å². The lowest BCUT2D eigenvalue weighted by Gasteiger charge is -2.31. The minimum Gasteiger partial charge on any atom is -0.493 e. The summed E-state index contributed by atoms with van der Waals surface area (Å²) in [5.74, 6) is 0.718. The average molecular weight is 281 g/mol. The third kappa shape index (κ3) is 3.39. The second-order valence-electron chi connectivity index (χ2n) is 5.17. The van der Waals surface area contributed by atoms with Crippen LogP contribution in [0.1, 0.15) is 32.1 Å². The highest BCUT2D eigenvalue weighted by atomic mass is 16.6. The normalized spacial score (nSPS) is 17.5. The van der Waals surface area contributed by atoms with E-state index in [-0.39, 0.29) is 12.3 Å². The van der Waals surface area contributed by atoms with Crippen LogP contribution in [0.3, 0.4) is 0 Å². The van der Waals surface area contributed by atoms with E-state index in [2.05, 4.69) is 0 Å². The molecular formula is C14H19NO5. The molecule has 6 nitrogen and oxygen atoms in total. The van der Waals surface area contributed by atoms with Crippen LogP contribution in [-0.4, -0.2) is 29.3 Å². The summed E-state index contributed by atoms with van der Waals surface area (Å²) in [6, 6.07) is 4.18. The Morgan fingerprint density at radius 1 is 1.30 bits per heavy atom. The molecule has 1 N–H and O–H groups in total. The fourth-order valence-corrected chi connectivity index (χ4v) is 2.46. The SMILES string of the molecule is COc1ccc([N+](=O)[O-])cc1OCC1(O)CCCCC1. The molecule has 0 bridgehead atoms. The van der Waals surface area contributed by atoms with Crippen molar-refractivity contribution >= 4 is 5.69 Å². The number of hydrogen-bond donors (Lipinski definition) is 1. The highest BCUT2D eigenvalue weighted by molar-refractivity contribution is 5.48. The Hall–Kier alpha value is -1.82. The maximum atomic E-state index is 10.8. The number of hydrogen-bond acceptors (Lipinski definition) is 5. The summed E-state index contributed by atoms with van der Waals surface area (Å²) in [4.78, 5) is 10.3. The van der Waals surface area contributed by atoms with Gasteiger partial charge in [-0.1, -0.05) is 19.3 Å². The summed E-state index contributed by atoms with van der Waals surface area (Å²) in [5.41, 5.74) is -0.898. The molecule has 0 unspecified atom stereocenters. The van der Waals surface area contributed by atoms with Crippen molar-refractivity contribution < 1.29 is 19.5 Å². The first kappa shape index (κ1) is 14.6. The first-order valence-electron chi connectivity index (χ1n) is 6.72. The Morgan fingerprint density at radius 2 is 2.00 bits per heavy atom. The van der Waals surface area contributed by atoms with Gasteiger partial charge in [0.1, 0.15) is 6.61 Å². The molecule has 0 aromatic heterocycles. The smallest absolute Gasteiger partial charge is 0.273 e. The minimum atomic E-state index is -0.839. The van der Waals surface area contributed by atoms with Gasteiger partial charge in [0.2, 0.25) is 0 Å². The van der Waals surface area contributed by atoms with Crippen LogP contribution in [0, 0.1) is 10.1 Å². The van der Waals surface area contributed by atoms with Gasteiger partial charge in [-0.2, -0.15) is 0 Å². The number of benzene rings is 1. The lowest BCUT2D eigenvalue weighted by atomic mass is 9.85. The predicted molar refractivity (Wildman–Crippen MR) is 73.2 cm³/mol. The van der Waals surface area contributed by atoms with Crippen molar-refractivity contribution in [2.45, 2.75) is 37.7 Å². The number of nitrogens with zero attached hydrogens (tertiary/aromatic N) is 1. The van der Waals surface area contributed by atoms with Crippen LogP contribution in [0.2, 0.25) is 0 Å². The highest BCUT2D eigenvalue weighted by Gasteiger charge is 2.30. The van der Waals surface area contributed by atoms with Crippen LogP contribution in [0.15, 0.2) is 18.2 Å². The molecule has 0 aliphatic heterocycles. The second-order valence-corrected chi connectivity index (χ2v) is 5.17. The summed E-state index contributed by atoms with van der Waals surface area (Å²) in [6.07, 6.45) is 4.48. The molecule has 0 radical (unpaired) electrons. The number of aliphatic hydroxyl groups is 1. The number of rotatable bonds is 5. The van der Waals surface area contributed by atoms with Crippen molar-refractivity contribution in [3.05, 3.63) is 28.3 Å². The molecule has 1 fully saturated rings. The Balaban J connectivity index is 2.10. The van der Waals surface area contributed by atoms with Crippen molar-refractivity contribution in [2.75, 3.05) is 13.7 Å². The van der Waals surface area contributed by atoms with Gasteiger partial charge < -0.3 is 14.6 Å². The molecule has 110 valence electrons. The molecule has 1 saturated carbocycles. The van der Waals surface area contributed by atoms with Gasteiger partial charge in [0.05, 0.1) is 23.7 Å². The second kappa shape index (κ2) is 6.09. The lowest BCUT2D eigenvalue weighted by molar-refractivity contribution is -0.385. The van der Waals surface area contributed by atoms with E-state index in [0.29, 0.717) is 24.3 Å². The van der Waals surface area contributed by atoms with E-state index in [9.17, 15) is 15.2 Å². The van der Waals surface area contributed by atoms with Gasteiger partial charge in [-0.05, 0) is 18.9 Å². The third-order valence-electron chi connectivity index (χ3n) is 3.64. The third-order valence-corrected chi connectivity index (χ3v) is 3.64. The molecule has 20 heavy (non-hydrogen) atoms. The summed E-state index contributed by atoms with van der Waals surface area (Å²) in [6.45, 7) is 0.129. The van der Waals surface area contributed by atoms with E-state index in [1.807, 2.05) is 0 Å². The fraction of sp³-hybridized carbons (Fsp3) is 0.571. The van der Waals surface area contributed by atoms with E-state index in [1.165, 1.54) is 25.3 Å². The summed E-state index contributed by atoms with van der Waals surface area (Å²) in [5, 5.41) is 21.2. The van der Waals surface area contributed by atoms with Crippen molar-refractivity contribution in [2.24, 2.45) is 0 Å². The Labute approximate surface area is 117 Å². The maximum Gasteiger partial charge on any atom is 0.273 e. The van der Waals surface area contributed by atoms with Crippen LogP contribution in [0.5, 0.6) is 11.5 Å². The van der Waals surface area contributed by atoms with E-state index < -0.39 is 10.5 Å². The fourth-order valence-electron chi connectivity index (χ4n) is 2.46. The van der Waals surface area contributed by atoms with Gasteiger partial charge in [-0.25, -0.2) is 0 Å². The molecule has 1 aromatic rings. The Morgan fingerprint density at radius 3 is 2.60 bits per heavy atom. The van der Waals surface area contributed by atoms with E-state index >= 15 is 0 Å². The van der Waals surface area contributed by atoms with Crippen molar-refractivity contribution in [1.82, 2.24) is 0 Å². The quantitative estimate of drug-likeness (QED) is 0.662. The number of ether oxygens (including phenoxy) is 2. The summed E-state index contributed by atoms with van der Waals surface area (Å²) >= 11 is 0. The molecule has 0 saturated heterocycles. The number of methoxy groups -OCH3 is 1. The van der Waals surface area contributed by atoms with Crippen molar-refractivity contribution in [1.29, 1.82) is 0 Å². The number of nitro benzene ring substituents is 1. The number of non-ortho nitro benzene ring substituents is 1. The Kier molecular flexibility index (Phi) is 4.44. The zero-order chi connectivity index (χ0) is 14.6. The largest absolute Gasteiger partial charge is 0.493 e. The van der Waals surface area contributed by atoms with E-state index in [0.717, 1.165) is 19.3 Å². The Bertz CT molecular complexity index is 482. The molecule has 1 aliphatic carbocycles. The van der Waals surface area contributed by atoms with Gasteiger partial charge in [0.25, 0.3) is 5.69 Å². The minimum absolute atomic E-state index is 0.0589. The molecular weight excluding hydrogens is 262 g/mol. The van der Waals surface area contributed by atoms with Gasteiger partial charge in [-0.3, -0.25) is 10.1 Å². The van der Waals surface area contributed by atoms with Crippen molar-refractivity contribution in [3.63, 3.8) is 0 Å². The number of nitro groups is 1. The molecule has 0 amide bonds. The van der Waals surface area contributed by atoms with Gasteiger partial charge in [-0.15, -0.1) is 0 Å². The van der Waals surface area contributed by atoms with Crippen LogP contribution in [-0.2, 0) is 0 Å². The van der Waals surface area contributed by atoms with Crippen LogP contribution >= 0.6 is 0 Å². The topological polar surface area (TPSA) is 81.8 Å².